The van der Waals surface area contributed by atoms with Crippen LogP contribution < -0.4 is 10.6 Å². The summed E-state index contributed by atoms with van der Waals surface area (Å²) in [4.78, 5) is 50.3. The number of carbonyl (C=O) groups excluding carboxylic acids is 4. The molecule has 0 saturated carbocycles. The van der Waals surface area contributed by atoms with Crippen molar-refractivity contribution in [3.05, 3.63) is 42.5 Å². The molecule has 8 nitrogen and oxygen atoms in total. The van der Waals surface area contributed by atoms with Gasteiger partial charge in [-0.15, -0.1) is 0 Å². The fraction of sp³-hybridized carbons (Fsp3) is 0.364. The number of amides is 4. The van der Waals surface area contributed by atoms with Gasteiger partial charge in [-0.25, -0.2) is 4.79 Å². The highest BCUT2D eigenvalue weighted by Gasteiger charge is 2.49. The predicted molar refractivity (Wildman–Crippen MR) is 112 cm³/mol. The maximum absolute atomic E-state index is 12.6. The largest absolute Gasteiger partial charge is 0.451 e. The number of anilines is 1. The van der Waals surface area contributed by atoms with E-state index in [0.29, 0.717) is 18.5 Å². The lowest BCUT2D eigenvalue weighted by Crippen LogP contribution is -2.46. The van der Waals surface area contributed by atoms with E-state index in [1.165, 1.54) is 6.92 Å². The first kappa shape index (κ1) is 21.3. The number of benzene rings is 2. The van der Waals surface area contributed by atoms with Crippen molar-refractivity contribution in [3.8, 4) is 0 Å². The topological polar surface area (TPSA) is 105 Å². The van der Waals surface area contributed by atoms with Crippen molar-refractivity contribution in [2.75, 3.05) is 11.9 Å². The minimum atomic E-state index is -1.10. The van der Waals surface area contributed by atoms with Gasteiger partial charge in [0.15, 0.2) is 6.10 Å². The van der Waals surface area contributed by atoms with E-state index >= 15 is 0 Å². The lowest BCUT2D eigenvalue weighted by molar-refractivity contribution is -0.155. The number of imide groups is 1. The Morgan fingerprint density at radius 2 is 1.77 bits per heavy atom. The van der Waals surface area contributed by atoms with Gasteiger partial charge in [0.25, 0.3) is 11.8 Å². The predicted octanol–water partition coefficient (Wildman–Crippen LogP) is 2.82. The van der Waals surface area contributed by atoms with Crippen LogP contribution >= 0.6 is 0 Å². The molecule has 0 radical (unpaired) electrons. The van der Waals surface area contributed by atoms with Crippen LogP contribution in [0.5, 0.6) is 0 Å². The fourth-order valence-electron chi connectivity index (χ4n) is 3.53. The first-order valence-electron chi connectivity index (χ1n) is 9.93. The molecule has 2 aromatic carbocycles. The van der Waals surface area contributed by atoms with Gasteiger partial charge in [0.1, 0.15) is 12.1 Å². The molecular weight excluding hydrogens is 386 g/mol. The zero-order chi connectivity index (χ0) is 21.9. The van der Waals surface area contributed by atoms with Gasteiger partial charge in [0.2, 0.25) is 0 Å². The number of carbonyl (C=O) groups is 4. The molecule has 2 aromatic rings. The van der Waals surface area contributed by atoms with Crippen LogP contribution in [0.1, 0.15) is 33.6 Å². The molecule has 0 spiro atoms. The molecule has 1 aliphatic heterocycles. The van der Waals surface area contributed by atoms with Gasteiger partial charge >= 0.3 is 12.0 Å². The average Bonchev–Trinajstić information content (AvgIpc) is 2.98. The van der Waals surface area contributed by atoms with Gasteiger partial charge < -0.3 is 15.4 Å². The number of ether oxygens (including phenoxy) is 1. The van der Waals surface area contributed by atoms with Gasteiger partial charge in [0.05, 0.1) is 0 Å². The maximum atomic E-state index is 12.6. The molecule has 1 heterocycles. The van der Waals surface area contributed by atoms with Gasteiger partial charge in [0, 0.05) is 11.1 Å². The molecule has 3 rings (SSSR count). The number of nitrogens with one attached hydrogen (secondary N) is 2. The normalized spacial score (nSPS) is 16.3. The zero-order valence-corrected chi connectivity index (χ0v) is 17.2. The monoisotopic (exact) mass is 411 g/mol. The van der Waals surface area contributed by atoms with Crippen LogP contribution in [0, 0.1) is 0 Å². The summed E-state index contributed by atoms with van der Waals surface area (Å²) in [5.41, 5.74) is -0.389. The SMILES string of the molecule is CCC1(CC)NC(=O)N(CC(=O)O[C@H](C)C(=O)Nc2cccc3ccccc23)C1=O. The molecule has 1 saturated heterocycles. The van der Waals surface area contributed by atoms with Gasteiger partial charge in [-0.1, -0.05) is 50.2 Å². The summed E-state index contributed by atoms with van der Waals surface area (Å²) in [7, 11) is 0. The second-order valence-electron chi connectivity index (χ2n) is 7.26. The summed E-state index contributed by atoms with van der Waals surface area (Å²) >= 11 is 0. The summed E-state index contributed by atoms with van der Waals surface area (Å²) in [6.07, 6.45) is -0.258. The molecular formula is C22H25N3O5. The van der Waals surface area contributed by atoms with E-state index < -0.39 is 42.0 Å². The smallest absolute Gasteiger partial charge is 0.327 e. The Morgan fingerprint density at radius 1 is 1.10 bits per heavy atom. The number of nitrogens with zero attached hydrogens (tertiary/aromatic N) is 1. The third-order valence-electron chi connectivity index (χ3n) is 5.47. The van der Waals surface area contributed by atoms with Crippen LogP contribution in [0.3, 0.4) is 0 Å². The van der Waals surface area contributed by atoms with Crippen LogP contribution in [0.2, 0.25) is 0 Å². The number of fused-ring (bicyclic) bond motifs is 1. The van der Waals surface area contributed by atoms with Crippen molar-refractivity contribution in [3.63, 3.8) is 0 Å². The lowest BCUT2D eigenvalue weighted by Gasteiger charge is -2.23. The van der Waals surface area contributed by atoms with Crippen molar-refractivity contribution >= 4 is 40.3 Å². The van der Waals surface area contributed by atoms with Gasteiger partial charge in [-0.05, 0) is 31.2 Å². The molecule has 1 atom stereocenters. The van der Waals surface area contributed by atoms with Crippen molar-refractivity contribution in [2.24, 2.45) is 0 Å². The minimum absolute atomic E-state index is 0.420. The van der Waals surface area contributed by atoms with Crippen LogP contribution in [-0.4, -0.2) is 46.9 Å². The highest BCUT2D eigenvalue weighted by Crippen LogP contribution is 2.25. The van der Waals surface area contributed by atoms with E-state index in [1.807, 2.05) is 36.4 Å². The molecule has 2 N–H and O–H groups in total. The standard InChI is InChI=1S/C22H25N3O5/c1-4-22(5-2)20(28)25(21(29)24-22)13-18(26)30-14(3)19(27)23-17-12-8-10-15-9-6-7-11-16(15)17/h6-12,14H,4-5,13H2,1-3H3,(H,23,27)(H,24,29)/t14-/m1/s1. The first-order chi connectivity index (χ1) is 14.3. The van der Waals surface area contributed by atoms with Crippen molar-refractivity contribution < 1.29 is 23.9 Å². The van der Waals surface area contributed by atoms with Crippen molar-refractivity contribution in [1.29, 1.82) is 0 Å². The molecule has 4 amide bonds. The zero-order valence-electron chi connectivity index (χ0n) is 17.2. The molecule has 30 heavy (non-hydrogen) atoms. The average molecular weight is 411 g/mol. The molecule has 0 bridgehead atoms. The summed E-state index contributed by atoms with van der Waals surface area (Å²) in [5.74, 6) is -1.79. The van der Waals surface area contributed by atoms with Gasteiger partial charge in [-0.3, -0.25) is 19.3 Å². The van der Waals surface area contributed by atoms with E-state index in [0.717, 1.165) is 15.7 Å². The van der Waals surface area contributed by atoms with Crippen LogP contribution in [-0.2, 0) is 19.1 Å². The quantitative estimate of drug-likeness (QED) is 0.538. The molecule has 0 aromatic heterocycles. The number of urea groups is 1. The van der Waals surface area contributed by atoms with E-state index in [9.17, 15) is 19.2 Å². The Labute approximate surface area is 174 Å². The van der Waals surface area contributed by atoms with Crippen LogP contribution in [0.25, 0.3) is 10.8 Å². The number of hydrogen-bond donors (Lipinski definition) is 2. The Morgan fingerprint density at radius 3 is 2.43 bits per heavy atom. The second-order valence-corrected chi connectivity index (χ2v) is 7.26. The summed E-state index contributed by atoms with van der Waals surface area (Å²) in [5, 5.41) is 7.23. The second kappa shape index (κ2) is 8.52. The lowest BCUT2D eigenvalue weighted by atomic mass is 9.93. The van der Waals surface area contributed by atoms with E-state index in [4.69, 9.17) is 4.74 Å². The van der Waals surface area contributed by atoms with Crippen LogP contribution in [0.4, 0.5) is 10.5 Å². The Kier molecular flexibility index (Phi) is 6.05. The van der Waals surface area contributed by atoms with E-state index in [1.54, 1.807) is 19.9 Å². The molecule has 0 aliphatic carbocycles. The highest BCUT2D eigenvalue weighted by atomic mass is 16.5. The number of rotatable bonds is 7. The number of hydrogen-bond acceptors (Lipinski definition) is 5. The minimum Gasteiger partial charge on any atom is -0.451 e. The highest BCUT2D eigenvalue weighted by molar-refractivity contribution is 6.09. The Hall–Kier alpha value is -3.42. The molecule has 1 aliphatic rings. The summed E-state index contributed by atoms with van der Waals surface area (Å²) in [6, 6.07) is 12.5. The van der Waals surface area contributed by atoms with E-state index in [-0.39, 0.29) is 0 Å². The van der Waals surface area contributed by atoms with Crippen LogP contribution in [0.15, 0.2) is 42.5 Å². The Balaban J connectivity index is 1.62. The molecule has 1 fully saturated rings. The molecule has 158 valence electrons. The Bertz CT molecular complexity index is 994. The fourth-order valence-corrected chi connectivity index (χ4v) is 3.53. The summed E-state index contributed by atoms with van der Waals surface area (Å²) in [6.45, 7) is 4.48. The van der Waals surface area contributed by atoms with E-state index in [2.05, 4.69) is 10.6 Å². The third-order valence-corrected chi connectivity index (χ3v) is 5.47. The van der Waals surface area contributed by atoms with Crippen molar-refractivity contribution in [2.45, 2.75) is 45.3 Å². The summed E-state index contributed by atoms with van der Waals surface area (Å²) < 4.78 is 5.17. The molecule has 8 heteroatoms. The number of esters is 1. The first-order valence-corrected chi connectivity index (χ1v) is 9.93. The molecule has 0 unspecified atom stereocenters. The third kappa shape index (κ3) is 3.98. The van der Waals surface area contributed by atoms with Crippen molar-refractivity contribution in [1.82, 2.24) is 10.2 Å². The maximum Gasteiger partial charge on any atom is 0.327 e. The van der Waals surface area contributed by atoms with Gasteiger partial charge in [-0.2, -0.15) is 0 Å².